The second-order valence-corrected chi connectivity index (χ2v) is 7.22. The molecule has 0 fully saturated rings. The van der Waals surface area contributed by atoms with Gasteiger partial charge in [-0.25, -0.2) is 0 Å². The van der Waals surface area contributed by atoms with E-state index in [1.54, 1.807) is 0 Å². The Morgan fingerprint density at radius 3 is 2.47 bits per heavy atom. The first-order chi connectivity index (χ1) is 8.85. The number of hydrogen-bond acceptors (Lipinski definition) is 1. The molecule has 1 aromatic carbocycles. The highest BCUT2D eigenvalue weighted by Crippen LogP contribution is 2.26. The standard InChI is InChI=1S/C17H28BrN/c1-6-9-19-12-17(4,5)8-7-15-10-14(3)16(18)11-13(15)2/h10-11,19H,6-9,12H2,1-5H3. The molecule has 0 spiro atoms. The summed E-state index contributed by atoms with van der Waals surface area (Å²) in [5.41, 5.74) is 4.59. The quantitative estimate of drug-likeness (QED) is 0.693. The van der Waals surface area contributed by atoms with Crippen LogP contribution in [0.15, 0.2) is 16.6 Å². The zero-order valence-corrected chi connectivity index (χ0v) is 14.7. The van der Waals surface area contributed by atoms with Gasteiger partial charge in [0, 0.05) is 11.0 Å². The molecule has 0 atom stereocenters. The molecule has 0 heterocycles. The van der Waals surface area contributed by atoms with Gasteiger partial charge in [0.2, 0.25) is 0 Å². The molecular weight excluding hydrogens is 298 g/mol. The lowest BCUT2D eigenvalue weighted by Gasteiger charge is -2.25. The normalized spacial score (nSPS) is 11.9. The maximum absolute atomic E-state index is 3.60. The average Bonchev–Trinajstić information content (AvgIpc) is 2.32. The maximum Gasteiger partial charge on any atom is 0.0207 e. The number of hydrogen-bond donors (Lipinski definition) is 1. The van der Waals surface area contributed by atoms with Gasteiger partial charge in [0.1, 0.15) is 0 Å². The zero-order chi connectivity index (χ0) is 14.5. The second kappa shape index (κ2) is 7.44. The highest BCUT2D eigenvalue weighted by atomic mass is 79.9. The Bertz CT molecular complexity index is 410. The molecule has 1 rings (SSSR count). The lowest BCUT2D eigenvalue weighted by Crippen LogP contribution is -2.30. The molecule has 0 unspecified atom stereocenters. The van der Waals surface area contributed by atoms with Crippen LogP contribution >= 0.6 is 15.9 Å². The van der Waals surface area contributed by atoms with Gasteiger partial charge in [-0.15, -0.1) is 0 Å². The Labute approximate surface area is 127 Å². The van der Waals surface area contributed by atoms with E-state index < -0.39 is 0 Å². The van der Waals surface area contributed by atoms with Crippen molar-refractivity contribution in [3.8, 4) is 0 Å². The largest absolute Gasteiger partial charge is 0.316 e. The number of benzene rings is 1. The van der Waals surface area contributed by atoms with Crippen LogP contribution in [0, 0.1) is 19.3 Å². The fourth-order valence-electron chi connectivity index (χ4n) is 2.28. The Hall–Kier alpha value is -0.340. The minimum atomic E-state index is 0.364. The van der Waals surface area contributed by atoms with E-state index in [4.69, 9.17) is 0 Å². The minimum absolute atomic E-state index is 0.364. The van der Waals surface area contributed by atoms with Crippen molar-refractivity contribution in [2.45, 2.75) is 53.9 Å². The third-order valence-electron chi connectivity index (χ3n) is 3.72. The summed E-state index contributed by atoms with van der Waals surface area (Å²) in [4.78, 5) is 0. The number of aryl methyl sites for hydroxylation is 3. The molecule has 0 aliphatic rings. The highest BCUT2D eigenvalue weighted by Gasteiger charge is 2.17. The van der Waals surface area contributed by atoms with Crippen LogP contribution in [0.1, 0.15) is 50.3 Å². The number of halogens is 1. The molecular formula is C17H28BrN. The molecule has 0 saturated heterocycles. The molecule has 0 aliphatic heterocycles. The van der Waals surface area contributed by atoms with Gasteiger partial charge in [-0.3, -0.25) is 0 Å². The van der Waals surface area contributed by atoms with Gasteiger partial charge < -0.3 is 5.32 Å². The molecule has 0 aromatic heterocycles. The first kappa shape index (κ1) is 16.7. The summed E-state index contributed by atoms with van der Waals surface area (Å²) in [5, 5.41) is 3.54. The van der Waals surface area contributed by atoms with Crippen LogP contribution in [0.3, 0.4) is 0 Å². The van der Waals surface area contributed by atoms with Crippen LogP contribution in [0.25, 0.3) is 0 Å². The lowest BCUT2D eigenvalue weighted by molar-refractivity contribution is 0.315. The van der Waals surface area contributed by atoms with Gasteiger partial charge >= 0.3 is 0 Å². The summed E-state index contributed by atoms with van der Waals surface area (Å²) in [5.74, 6) is 0. The SMILES string of the molecule is CCCNCC(C)(C)CCc1cc(C)c(Br)cc1C. The maximum atomic E-state index is 3.60. The summed E-state index contributed by atoms with van der Waals surface area (Å²) in [6, 6.07) is 4.57. The first-order valence-corrected chi connectivity index (χ1v) is 8.11. The van der Waals surface area contributed by atoms with E-state index in [1.165, 1.54) is 40.4 Å². The fraction of sp³-hybridized carbons (Fsp3) is 0.647. The summed E-state index contributed by atoms with van der Waals surface area (Å²) in [6.07, 6.45) is 3.60. The molecule has 0 amide bonds. The van der Waals surface area contributed by atoms with Gasteiger partial charge in [-0.1, -0.05) is 42.8 Å². The molecule has 108 valence electrons. The molecule has 0 saturated carbocycles. The van der Waals surface area contributed by atoms with Crippen molar-refractivity contribution >= 4 is 15.9 Å². The van der Waals surface area contributed by atoms with E-state index in [0.717, 1.165) is 13.1 Å². The average molecular weight is 326 g/mol. The third kappa shape index (κ3) is 5.66. The van der Waals surface area contributed by atoms with Crippen LogP contribution < -0.4 is 5.32 Å². The van der Waals surface area contributed by atoms with Crippen LogP contribution in [0.5, 0.6) is 0 Å². The Kier molecular flexibility index (Phi) is 6.55. The molecule has 0 aliphatic carbocycles. The molecule has 1 nitrogen and oxygen atoms in total. The van der Waals surface area contributed by atoms with Crippen molar-refractivity contribution in [3.63, 3.8) is 0 Å². The van der Waals surface area contributed by atoms with Crippen LogP contribution in [-0.4, -0.2) is 13.1 Å². The van der Waals surface area contributed by atoms with Crippen molar-refractivity contribution in [2.24, 2.45) is 5.41 Å². The van der Waals surface area contributed by atoms with Crippen LogP contribution in [0.2, 0.25) is 0 Å². The summed E-state index contributed by atoms with van der Waals surface area (Å²) in [6.45, 7) is 13.5. The summed E-state index contributed by atoms with van der Waals surface area (Å²) >= 11 is 3.60. The van der Waals surface area contributed by atoms with Gasteiger partial charge in [0.05, 0.1) is 0 Å². The van der Waals surface area contributed by atoms with Gasteiger partial charge in [0.25, 0.3) is 0 Å². The molecule has 0 bridgehead atoms. The molecule has 19 heavy (non-hydrogen) atoms. The van der Waals surface area contributed by atoms with Crippen LogP contribution in [0.4, 0.5) is 0 Å². The van der Waals surface area contributed by atoms with Crippen molar-refractivity contribution in [1.82, 2.24) is 5.32 Å². The minimum Gasteiger partial charge on any atom is -0.316 e. The van der Waals surface area contributed by atoms with Crippen molar-refractivity contribution in [2.75, 3.05) is 13.1 Å². The van der Waals surface area contributed by atoms with Crippen LogP contribution in [-0.2, 0) is 6.42 Å². The van der Waals surface area contributed by atoms with Gasteiger partial charge in [-0.05, 0) is 67.8 Å². The Balaban J connectivity index is 2.58. The monoisotopic (exact) mass is 325 g/mol. The van der Waals surface area contributed by atoms with Crippen molar-refractivity contribution in [1.29, 1.82) is 0 Å². The van der Waals surface area contributed by atoms with Crippen molar-refractivity contribution in [3.05, 3.63) is 33.3 Å². The van der Waals surface area contributed by atoms with Gasteiger partial charge in [-0.2, -0.15) is 0 Å². The van der Waals surface area contributed by atoms with E-state index in [9.17, 15) is 0 Å². The summed E-state index contributed by atoms with van der Waals surface area (Å²) in [7, 11) is 0. The summed E-state index contributed by atoms with van der Waals surface area (Å²) < 4.78 is 1.22. The van der Waals surface area contributed by atoms with E-state index in [-0.39, 0.29) is 0 Å². The topological polar surface area (TPSA) is 12.0 Å². The van der Waals surface area contributed by atoms with Crippen molar-refractivity contribution < 1.29 is 0 Å². The molecule has 2 heteroatoms. The van der Waals surface area contributed by atoms with Gasteiger partial charge in [0.15, 0.2) is 0 Å². The predicted molar refractivity (Wildman–Crippen MR) is 88.9 cm³/mol. The second-order valence-electron chi connectivity index (χ2n) is 6.37. The number of rotatable bonds is 7. The molecule has 1 aromatic rings. The smallest absolute Gasteiger partial charge is 0.0207 e. The van der Waals surface area contributed by atoms with E-state index in [2.05, 4.69) is 68.0 Å². The predicted octanol–water partition coefficient (Wildman–Crippen LogP) is 5.02. The molecule has 1 N–H and O–H groups in total. The first-order valence-electron chi connectivity index (χ1n) is 7.32. The Morgan fingerprint density at radius 2 is 1.84 bits per heavy atom. The van der Waals surface area contributed by atoms with E-state index in [1.807, 2.05) is 0 Å². The fourth-order valence-corrected chi connectivity index (χ4v) is 2.73. The van der Waals surface area contributed by atoms with E-state index >= 15 is 0 Å². The molecule has 0 radical (unpaired) electrons. The Morgan fingerprint density at radius 1 is 1.16 bits per heavy atom. The number of nitrogens with one attached hydrogen (secondary N) is 1. The highest BCUT2D eigenvalue weighted by molar-refractivity contribution is 9.10. The third-order valence-corrected chi connectivity index (χ3v) is 4.57. The van der Waals surface area contributed by atoms with E-state index in [0.29, 0.717) is 5.41 Å². The lowest BCUT2D eigenvalue weighted by atomic mass is 9.85. The zero-order valence-electron chi connectivity index (χ0n) is 13.1.